The van der Waals surface area contributed by atoms with Crippen molar-refractivity contribution in [3.05, 3.63) is 160 Å². The van der Waals surface area contributed by atoms with E-state index in [0.29, 0.717) is 55.4 Å². The summed E-state index contributed by atoms with van der Waals surface area (Å²) in [6, 6.07) is 34.0. The smallest absolute Gasteiger partial charge is 0.338 e. The second-order valence-corrected chi connectivity index (χ2v) is 18.3. The first-order valence-electron chi connectivity index (χ1n) is 23.7. The maximum atomic E-state index is 14.6. The van der Waals surface area contributed by atoms with Crippen LogP contribution in [0.4, 0.5) is 5.69 Å². The molecule has 0 N–H and O–H groups in total. The fourth-order valence-corrected chi connectivity index (χ4v) is 11.0. The van der Waals surface area contributed by atoms with Gasteiger partial charge < -0.3 is 4.74 Å². The van der Waals surface area contributed by atoms with Gasteiger partial charge in [0.15, 0.2) is 5.78 Å². The van der Waals surface area contributed by atoms with Crippen LogP contribution >= 0.6 is 0 Å². The van der Waals surface area contributed by atoms with Gasteiger partial charge in [0.05, 0.1) is 11.3 Å². The summed E-state index contributed by atoms with van der Waals surface area (Å²) in [7, 11) is 0. The Bertz CT molecular complexity index is 3290. The van der Waals surface area contributed by atoms with E-state index in [0.717, 1.165) is 108 Å². The van der Waals surface area contributed by atoms with E-state index in [4.69, 9.17) is 4.74 Å². The highest BCUT2D eigenvalue weighted by Crippen LogP contribution is 2.47. The van der Waals surface area contributed by atoms with Gasteiger partial charge in [0, 0.05) is 50.2 Å². The lowest BCUT2D eigenvalue weighted by Gasteiger charge is -2.35. The molecule has 9 nitrogen and oxygen atoms in total. The van der Waals surface area contributed by atoms with Gasteiger partial charge in [0.25, 0.3) is 23.6 Å². The number of fused-ring (bicyclic) bond motifs is 5. The van der Waals surface area contributed by atoms with E-state index in [1.54, 1.807) is 65.6 Å². The van der Waals surface area contributed by atoms with Crippen LogP contribution in [0.1, 0.15) is 151 Å². The Morgan fingerprint density at radius 2 is 0.955 bits per heavy atom. The Hall–Kier alpha value is -7.52. The number of ether oxygens (including phenoxy) is 1. The number of carbonyl (C=O) groups excluding carboxylic acids is 6. The third kappa shape index (κ3) is 6.65. The zero-order valence-corrected chi connectivity index (χ0v) is 37.6. The zero-order valence-electron chi connectivity index (χ0n) is 37.6. The van der Waals surface area contributed by atoms with Gasteiger partial charge in [-0.1, -0.05) is 132 Å². The first-order chi connectivity index (χ1) is 32.7. The molecule has 2 aliphatic heterocycles. The van der Waals surface area contributed by atoms with Crippen LogP contribution in [-0.2, 0) is 11.3 Å². The van der Waals surface area contributed by atoms with Gasteiger partial charge in [-0.05, 0) is 110 Å². The van der Waals surface area contributed by atoms with Crippen LogP contribution < -0.4 is 4.90 Å². The van der Waals surface area contributed by atoms with Crippen LogP contribution in [0.3, 0.4) is 0 Å². The van der Waals surface area contributed by atoms with Crippen molar-refractivity contribution in [2.45, 2.75) is 90.7 Å². The van der Waals surface area contributed by atoms with Gasteiger partial charge in [0.2, 0.25) is 0 Å². The molecule has 0 saturated heterocycles. The van der Waals surface area contributed by atoms with Gasteiger partial charge >= 0.3 is 5.97 Å². The Balaban J connectivity index is 0.874. The molecule has 4 amide bonds. The van der Waals surface area contributed by atoms with Crippen molar-refractivity contribution in [1.29, 1.82) is 0 Å². The number of unbranched alkanes of at least 4 members (excludes halogenated alkanes) is 6. The third-order valence-electron chi connectivity index (χ3n) is 14.3. The second kappa shape index (κ2) is 16.7. The average Bonchev–Trinajstić information content (AvgIpc) is 3.64. The van der Waals surface area contributed by atoms with Crippen molar-refractivity contribution >= 4 is 84.2 Å². The van der Waals surface area contributed by atoms with Gasteiger partial charge in [-0.3, -0.25) is 28.9 Å². The molecule has 67 heavy (non-hydrogen) atoms. The largest absolute Gasteiger partial charge is 0.457 e. The highest BCUT2D eigenvalue weighted by Gasteiger charge is 2.40. The number of anilines is 1. The summed E-state index contributed by atoms with van der Waals surface area (Å²) in [4.78, 5) is 86.9. The average molecular weight is 885 g/mol. The van der Waals surface area contributed by atoms with E-state index in [-0.39, 0.29) is 35.8 Å². The quantitative estimate of drug-likeness (QED) is 0.0331. The summed E-state index contributed by atoms with van der Waals surface area (Å²) in [5.74, 6) is -2.09. The van der Waals surface area contributed by atoms with Crippen molar-refractivity contribution in [2.75, 3.05) is 4.90 Å². The summed E-state index contributed by atoms with van der Waals surface area (Å²) in [5, 5.41) is 6.24. The van der Waals surface area contributed by atoms with Crippen LogP contribution in [0.15, 0.2) is 115 Å². The minimum Gasteiger partial charge on any atom is -0.457 e. The monoisotopic (exact) mass is 884 g/mol. The Morgan fingerprint density at radius 1 is 0.478 bits per heavy atom. The number of nitrogens with zero attached hydrogens (tertiary/aromatic N) is 2. The number of ketones is 1. The summed E-state index contributed by atoms with van der Waals surface area (Å²) in [6.07, 6.45) is 10.2. The van der Waals surface area contributed by atoms with Crippen molar-refractivity contribution < 1.29 is 33.5 Å². The number of esters is 1. The molecular weight excluding hydrogens is 837 g/mol. The minimum absolute atomic E-state index is 0.0590. The molecule has 0 saturated carbocycles. The SMILES string of the molecule is CCCCCCC(CCCCCC)N1C(=O)c2ccc3c4ccc5c6c(ccc(c7ccc(c2c37)C1=O)c64)C(=O)N(c1ccc(COC(=O)c2ccc3c(c2)C(=O)c2ccccc2-3)cc1)C5=O. The standard InChI is InChI=1S/C58H48N2O7/c1-3-5-7-9-13-35(14-10-8-6-4-2)59-54(62)44-27-23-39-41-25-29-46-52-47(30-26-42(50(41)52)40-24-28-45(55(59)63)51(44)49(39)40)57(65)60(56(46)64)36-20-17-33(18-21-36)32-67-58(66)34-19-22-38-37-15-11-12-16-43(37)53(61)48(38)31-34/h11-12,15-31,35H,3-10,13-14,32H2,1-2H3. The Kier molecular flexibility index (Phi) is 10.5. The lowest BCUT2D eigenvalue weighted by Crippen LogP contribution is -2.47. The molecule has 3 aliphatic rings. The topological polar surface area (TPSA) is 118 Å². The third-order valence-corrected chi connectivity index (χ3v) is 14.3. The minimum atomic E-state index is -0.574. The van der Waals surface area contributed by atoms with Crippen molar-refractivity contribution in [2.24, 2.45) is 0 Å². The molecule has 0 bridgehead atoms. The predicted molar refractivity (Wildman–Crippen MR) is 261 cm³/mol. The zero-order chi connectivity index (χ0) is 46.1. The number of benzene rings is 8. The van der Waals surface area contributed by atoms with Crippen LogP contribution in [0.5, 0.6) is 0 Å². The molecule has 8 aromatic carbocycles. The van der Waals surface area contributed by atoms with Gasteiger partial charge in [-0.15, -0.1) is 0 Å². The maximum Gasteiger partial charge on any atom is 0.338 e. The molecule has 332 valence electrons. The number of imide groups is 2. The van der Waals surface area contributed by atoms with E-state index in [2.05, 4.69) is 13.8 Å². The van der Waals surface area contributed by atoms with Crippen LogP contribution in [0.25, 0.3) is 54.2 Å². The number of amides is 4. The summed E-state index contributed by atoms with van der Waals surface area (Å²) < 4.78 is 5.64. The van der Waals surface area contributed by atoms with Gasteiger partial charge in [0.1, 0.15) is 6.61 Å². The van der Waals surface area contributed by atoms with Crippen molar-refractivity contribution in [3.63, 3.8) is 0 Å². The molecule has 0 spiro atoms. The Morgan fingerprint density at radius 3 is 1.48 bits per heavy atom. The van der Waals surface area contributed by atoms with Gasteiger partial charge in [-0.2, -0.15) is 0 Å². The van der Waals surface area contributed by atoms with Crippen LogP contribution in [0, 0.1) is 0 Å². The Labute approximate surface area is 387 Å². The van der Waals surface area contributed by atoms with E-state index < -0.39 is 17.8 Å². The van der Waals surface area contributed by atoms with Gasteiger partial charge in [-0.25, -0.2) is 9.69 Å². The van der Waals surface area contributed by atoms with Crippen LogP contribution in [-0.4, -0.2) is 46.3 Å². The number of rotatable bonds is 15. The number of hydrogen-bond donors (Lipinski definition) is 0. The molecule has 0 unspecified atom stereocenters. The van der Waals surface area contributed by atoms with E-state index in [1.165, 1.54) is 4.90 Å². The number of hydrogen-bond acceptors (Lipinski definition) is 7. The highest BCUT2D eigenvalue weighted by atomic mass is 16.5. The van der Waals surface area contributed by atoms with E-state index in [1.807, 2.05) is 54.6 Å². The lowest BCUT2D eigenvalue weighted by atomic mass is 9.82. The second-order valence-electron chi connectivity index (χ2n) is 18.3. The van der Waals surface area contributed by atoms with Crippen molar-refractivity contribution in [1.82, 2.24) is 4.90 Å². The molecular formula is C58H48N2O7. The molecule has 0 atom stereocenters. The molecule has 1 aliphatic carbocycles. The maximum absolute atomic E-state index is 14.6. The van der Waals surface area contributed by atoms with E-state index in [9.17, 15) is 28.8 Å². The van der Waals surface area contributed by atoms with E-state index >= 15 is 0 Å². The molecule has 8 aromatic rings. The molecule has 0 fully saturated rings. The fraction of sp³-hybridized carbons (Fsp3) is 0.241. The molecule has 0 radical (unpaired) electrons. The lowest BCUT2D eigenvalue weighted by molar-refractivity contribution is 0.0469. The molecule has 9 heteroatoms. The predicted octanol–water partition coefficient (Wildman–Crippen LogP) is 13.0. The normalized spacial score (nSPS) is 14.2. The summed E-state index contributed by atoms with van der Waals surface area (Å²) >= 11 is 0. The first-order valence-corrected chi connectivity index (χ1v) is 23.7. The fourth-order valence-electron chi connectivity index (χ4n) is 11.0. The summed E-state index contributed by atoms with van der Waals surface area (Å²) in [6.45, 7) is 4.31. The summed E-state index contributed by atoms with van der Waals surface area (Å²) in [5.41, 5.74) is 5.85. The first kappa shape index (κ1) is 42.1. The molecule has 11 rings (SSSR count). The molecule has 2 heterocycles. The number of carbonyl (C=O) groups is 6. The highest BCUT2D eigenvalue weighted by molar-refractivity contribution is 6.43. The van der Waals surface area contributed by atoms with Crippen molar-refractivity contribution in [3.8, 4) is 11.1 Å². The van der Waals surface area contributed by atoms with Crippen LogP contribution in [0.2, 0.25) is 0 Å². The molecule has 0 aromatic heterocycles.